The number of nitro groups is 1. The quantitative estimate of drug-likeness (QED) is 0.493. The molecule has 1 aliphatic rings. The minimum absolute atomic E-state index is 0.00155. The maximum absolute atomic E-state index is 12.9. The van der Waals surface area contributed by atoms with Crippen LogP contribution in [0.1, 0.15) is 10.4 Å². The van der Waals surface area contributed by atoms with Crippen molar-refractivity contribution < 1.29 is 26.6 Å². The molecular weight excluding hydrogens is 448 g/mol. The van der Waals surface area contributed by atoms with Gasteiger partial charge in [-0.15, -0.1) is 0 Å². The third-order valence-electron chi connectivity index (χ3n) is 4.64. The van der Waals surface area contributed by atoms with Crippen molar-refractivity contribution in [3.05, 3.63) is 64.2 Å². The molecule has 1 saturated heterocycles. The zero-order chi connectivity index (χ0) is 22.8. The molecule has 1 heterocycles. The van der Waals surface area contributed by atoms with Crippen LogP contribution in [0, 0.1) is 10.1 Å². The molecule has 13 heteroatoms. The van der Waals surface area contributed by atoms with E-state index in [0.29, 0.717) is 0 Å². The molecule has 1 aliphatic heterocycles. The Morgan fingerprint density at radius 3 is 2.26 bits per heavy atom. The number of non-ortho nitro benzene ring substituents is 1. The van der Waals surface area contributed by atoms with Gasteiger partial charge < -0.3 is 4.90 Å². The summed E-state index contributed by atoms with van der Waals surface area (Å²) in [5, 5.41) is 10.9. The Balaban J connectivity index is 1.75. The van der Waals surface area contributed by atoms with Crippen molar-refractivity contribution in [2.45, 2.75) is 4.90 Å². The smallest absolute Gasteiger partial charge is 0.270 e. The fourth-order valence-corrected chi connectivity index (χ4v) is 5.21. The maximum atomic E-state index is 12.9. The van der Waals surface area contributed by atoms with Gasteiger partial charge >= 0.3 is 0 Å². The van der Waals surface area contributed by atoms with Gasteiger partial charge in [-0.1, -0.05) is 18.2 Å². The molecular formula is C18H20N4O7S2. The van der Waals surface area contributed by atoms with Crippen LogP contribution < -0.4 is 4.72 Å². The van der Waals surface area contributed by atoms with Crippen LogP contribution in [0.4, 0.5) is 11.4 Å². The lowest BCUT2D eigenvalue weighted by Crippen LogP contribution is -2.50. The maximum Gasteiger partial charge on any atom is 0.270 e. The molecule has 1 amide bonds. The number of nitrogens with one attached hydrogen (secondary N) is 1. The SMILES string of the molecule is CS(=O)(=O)Nc1ccccc1C(=O)N1CCN(S(=O)(=O)c2cccc([N+](=O)[O-])c2)CC1. The van der Waals surface area contributed by atoms with Crippen LogP contribution in [-0.4, -0.2) is 69.3 Å². The Labute approximate surface area is 179 Å². The Bertz CT molecular complexity index is 1220. The lowest BCUT2D eigenvalue weighted by molar-refractivity contribution is -0.385. The van der Waals surface area contributed by atoms with Crippen molar-refractivity contribution in [3.8, 4) is 0 Å². The Morgan fingerprint density at radius 2 is 1.65 bits per heavy atom. The van der Waals surface area contributed by atoms with E-state index in [-0.39, 0.29) is 48.0 Å². The number of carbonyl (C=O) groups is 1. The first-order valence-corrected chi connectivity index (χ1v) is 12.4. The van der Waals surface area contributed by atoms with Gasteiger partial charge in [-0.3, -0.25) is 19.6 Å². The van der Waals surface area contributed by atoms with E-state index in [1.54, 1.807) is 12.1 Å². The summed E-state index contributed by atoms with van der Waals surface area (Å²) in [5.41, 5.74) is -0.0329. The van der Waals surface area contributed by atoms with Crippen LogP contribution in [-0.2, 0) is 20.0 Å². The zero-order valence-corrected chi connectivity index (χ0v) is 18.1. The number of hydrogen-bond donors (Lipinski definition) is 1. The molecule has 1 fully saturated rings. The Kier molecular flexibility index (Phi) is 6.29. The minimum Gasteiger partial charge on any atom is -0.336 e. The molecule has 11 nitrogen and oxygen atoms in total. The number of sulfonamides is 2. The normalized spacial score (nSPS) is 15.5. The van der Waals surface area contributed by atoms with Gasteiger partial charge in [0.15, 0.2) is 0 Å². The van der Waals surface area contributed by atoms with Crippen molar-refractivity contribution in [1.82, 2.24) is 9.21 Å². The molecule has 0 bridgehead atoms. The average Bonchev–Trinajstić information content (AvgIpc) is 2.72. The van der Waals surface area contributed by atoms with E-state index in [0.717, 1.165) is 16.6 Å². The number of anilines is 1. The van der Waals surface area contributed by atoms with Crippen LogP contribution in [0.5, 0.6) is 0 Å². The highest BCUT2D eigenvalue weighted by Crippen LogP contribution is 2.24. The highest BCUT2D eigenvalue weighted by molar-refractivity contribution is 7.92. The van der Waals surface area contributed by atoms with Crippen LogP contribution in [0.2, 0.25) is 0 Å². The number of rotatable bonds is 6. The summed E-state index contributed by atoms with van der Waals surface area (Å²) < 4.78 is 52.3. The topological polar surface area (TPSA) is 147 Å². The summed E-state index contributed by atoms with van der Waals surface area (Å²) in [6.07, 6.45) is 0.978. The number of nitrogens with zero attached hydrogens (tertiary/aromatic N) is 3. The second-order valence-corrected chi connectivity index (χ2v) is 10.6. The van der Waals surface area contributed by atoms with Gasteiger partial charge in [0.1, 0.15) is 0 Å². The van der Waals surface area contributed by atoms with E-state index in [2.05, 4.69) is 4.72 Å². The molecule has 0 aliphatic carbocycles. The number of nitro benzene ring substituents is 1. The van der Waals surface area contributed by atoms with E-state index >= 15 is 0 Å². The summed E-state index contributed by atoms with van der Waals surface area (Å²) in [6, 6.07) is 10.9. The van der Waals surface area contributed by atoms with Crippen molar-refractivity contribution in [2.75, 3.05) is 37.2 Å². The van der Waals surface area contributed by atoms with Crippen LogP contribution in [0.3, 0.4) is 0 Å². The summed E-state index contributed by atoms with van der Waals surface area (Å²) in [4.78, 5) is 24.4. The second kappa shape index (κ2) is 8.61. The number of piperazine rings is 1. The number of amides is 1. The van der Waals surface area contributed by atoms with E-state index in [4.69, 9.17) is 0 Å². The first-order chi connectivity index (χ1) is 14.5. The summed E-state index contributed by atoms with van der Waals surface area (Å²) >= 11 is 0. The molecule has 2 aromatic rings. The van der Waals surface area contributed by atoms with E-state index in [1.807, 2.05) is 0 Å². The van der Waals surface area contributed by atoms with Crippen molar-refractivity contribution >= 4 is 37.3 Å². The van der Waals surface area contributed by atoms with Gasteiger partial charge in [-0.05, 0) is 18.2 Å². The lowest BCUT2D eigenvalue weighted by Gasteiger charge is -2.34. The molecule has 0 aromatic heterocycles. The minimum atomic E-state index is -3.96. The molecule has 1 N–H and O–H groups in total. The van der Waals surface area contributed by atoms with Crippen molar-refractivity contribution in [1.29, 1.82) is 0 Å². The van der Waals surface area contributed by atoms with E-state index in [1.165, 1.54) is 35.2 Å². The van der Waals surface area contributed by atoms with Gasteiger partial charge in [0.25, 0.3) is 11.6 Å². The Hall–Kier alpha value is -3.03. The highest BCUT2D eigenvalue weighted by atomic mass is 32.2. The highest BCUT2D eigenvalue weighted by Gasteiger charge is 2.32. The lowest BCUT2D eigenvalue weighted by atomic mass is 10.1. The fraction of sp³-hybridized carbons (Fsp3) is 0.278. The third-order valence-corrected chi connectivity index (χ3v) is 7.13. The van der Waals surface area contributed by atoms with Gasteiger partial charge in [0.05, 0.1) is 27.3 Å². The van der Waals surface area contributed by atoms with Crippen LogP contribution in [0.15, 0.2) is 53.4 Å². The molecule has 0 spiro atoms. The molecule has 0 atom stereocenters. The number of hydrogen-bond acceptors (Lipinski definition) is 7. The summed E-state index contributed by atoms with van der Waals surface area (Å²) in [7, 11) is -7.55. The van der Waals surface area contributed by atoms with E-state index in [9.17, 15) is 31.7 Å². The average molecular weight is 469 g/mol. The molecule has 166 valence electrons. The Morgan fingerprint density at radius 1 is 1.00 bits per heavy atom. The number of para-hydroxylation sites is 1. The van der Waals surface area contributed by atoms with Crippen molar-refractivity contribution in [2.24, 2.45) is 0 Å². The standard InChI is InChI=1S/C18H20N4O7S2/c1-30(26,27)19-17-8-3-2-7-16(17)18(23)20-9-11-21(12-10-20)31(28,29)15-6-4-5-14(13-15)22(24)25/h2-8,13,19H,9-12H2,1H3. The second-order valence-electron chi connectivity index (χ2n) is 6.87. The summed E-state index contributed by atoms with van der Waals surface area (Å²) in [6.45, 7) is 0.164. The van der Waals surface area contributed by atoms with Gasteiger partial charge in [0.2, 0.25) is 20.0 Å². The van der Waals surface area contributed by atoms with Gasteiger partial charge in [0, 0.05) is 38.3 Å². The fourth-order valence-electron chi connectivity index (χ4n) is 3.17. The van der Waals surface area contributed by atoms with Crippen molar-refractivity contribution in [3.63, 3.8) is 0 Å². The van der Waals surface area contributed by atoms with Crippen LogP contribution in [0.25, 0.3) is 0 Å². The largest absolute Gasteiger partial charge is 0.336 e. The molecule has 2 aromatic carbocycles. The van der Waals surface area contributed by atoms with Gasteiger partial charge in [-0.2, -0.15) is 4.31 Å². The molecule has 0 saturated carbocycles. The first-order valence-electron chi connectivity index (χ1n) is 9.10. The van der Waals surface area contributed by atoms with E-state index < -0.39 is 30.9 Å². The predicted molar refractivity (Wildman–Crippen MR) is 113 cm³/mol. The molecule has 31 heavy (non-hydrogen) atoms. The predicted octanol–water partition coefficient (Wildman–Crippen LogP) is 1.11. The number of carbonyl (C=O) groups excluding carboxylic acids is 1. The summed E-state index contributed by atoms with van der Waals surface area (Å²) in [5.74, 6) is -0.431. The first kappa shape index (κ1) is 22.7. The molecule has 0 radical (unpaired) electrons. The van der Waals surface area contributed by atoms with Gasteiger partial charge in [-0.25, -0.2) is 16.8 Å². The van der Waals surface area contributed by atoms with Crippen LogP contribution >= 0.6 is 0 Å². The zero-order valence-electron chi connectivity index (χ0n) is 16.5. The third kappa shape index (κ3) is 5.18. The monoisotopic (exact) mass is 468 g/mol. The molecule has 3 rings (SSSR count). The molecule has 0 unspecified atom stereocenters. The number of benzene rings is 2.